The maximum atomic E-state index is 11.7. The fourth-order valence-electron chi connectivity index (χ4n) is 1.28. The summed E-state index contributed by atoms with van der Waals surface area (Å²) in [6, 6.07) is 7.16. The van der Waals surface area contributed by atoms with Gasteiger partial charge in [0.2, 0.25) is 0 Å². The van der Waals surface area contributed by atoms with Crippen molar-refractivity contribution in [1.82, 2.24) is 5.32 Å². The molecule has 1 amide bonds. The first kappa shape index (κ1) is 15.7. The van der Waals surface area contributed by atoms with Gasteiger partial charge in [0.05, 0.1) is 7.11 Å². The molecule has 1 aromatic rings. The second-order valence-electron chi connectivity index (χ2n) is 3.75. The number of rotatable bonds is 5. The molecule has 0 heterocycles. The minimum absolute atomic E-state index is 0. The maximum absolute atomic E-state index is 11.7. The number of methoxy groups -OCH3 is 1. The zero-order valence-corrected chi connectivity index (χ0v) is 10.9. The van der Waals surface area contributed by atoms with E-state index in [1.807, 2.05) is 6.92 Å². The number of nitrogens with two attached hydrogens (primary N) is 1. The zero-order valence-electron chi connectivity index (χ0n) is 10.1. The van der Waals surface area contributed by atoms with Gasteiger partial charge in [-0.2, -0.15) is 0 Å². The third-order valence-electron chi connectivity index (χ3n) is 2.22. The Labute approximate surface area is 108 Å². The number of benzene rings is 1. The summed E-state index contributed by atoms with van der Waals surface area (Å²) in [6.07, 6.45) is 0.774. The van der Waals surface area contributed by atoms with Gasteiger partial charge in [-0.15, -0.1) is 12.4 Å². The van der Waals surface area contributed by atoms with E-state index in [4.69, 9.17) is 10.5 Å². The lowest BCUT2D eigenvalue weighted by Gasteiger charge is -2.08. The van der Waals surface area contributed by atoms with Crippen molar-refractivity contribution in [2.75, 3.05) is 13.7 Å². The minimum Gasteiger partial charge on any atom is -0.497 e. The van der Waals surface area contributed by atoms with Crippen molar-refractivity contribution >= 4 is 18.3 Å². The van der Waals surface area contributed by atoms with Gasteiger partial charge >= 0.3 is 0 Å². The molecule has 4 nitrogen and oxygen atoms in total. The van der Waals surface area contributed by atoms with Crippen molar-refractivity contribution in [3.63, 3.8) is 0 Å². The average Bonchev–Trinajstić information content (AvgIpc) is 2.28. The number of carbonyl (C=O) groups excluding carboxylic acids is 1. The van der Waals surface area contributed by atoms with Crippen molar-refractivity contribution in [1.29, 1.82) is 0 Å². The lowest BCUT2D eigenvalue weighted by molar-refractivity contribution is 0.0952. The van der Waals surface area contributed by atoms with E-state index < -0.39 is 0 Å². The molecule has 0 radical (unpaired) electrons. The lowest BCUT2D eigenvalue weighted by atomic mass is 10.2. The summed E-state index contributed by atoms with van der Waals surface area (Å²) >= 11 is 0. The maximum Gasteiger partial charge on any atom is 0.251 e. The standard InChI is InChI=1S/C12H18N2O2.ClH/c1-9(13)6-7-14-12(15)10-4-3-5-11(8-10)16-2;/h3-5,8-9H,6-7,13H2,1-2H3,(H,14,15);1H. The Kier molecular flexibility index (Phi) is 7.34. The van der Waals surface area contributed by atoms with Crippen molar-refractivity contribution in [3.05, 3.63) is 29.8 Å². The van der Waals surface area contributed by atoms with Crippen LogP contribution in [0.1, 0.15) is 23.7 Å². The van der Waals surface area contributed by atoms with Crippen LogP contribution in [0.3, 0.4) is 0 Å². The fourth-order valence-corrected chi connectivity index (χ4v) is 1.28. The quantitative estimate of drug-likeness (QED) is 0.843. The molecular formula is C12H19ClN2O2. The van der Waals surface area contributed by atoms with Gasteiger partial charge in [0, 0.05) is 18.2 Å². The molecule has 0 spiro atoms. The van der Waals surface area contributed by atoms with Crippen molar-refractivity contribution in [3.8, 4) is 5.75 Å². The van der Waals surface area contributed by atoms with Gasteiger partial charge in [0.15, 0.2) is 0 Å². The highest BCUT2D eigenvalue weighted by molar-refractivity contribution is 5.94. The second kappa shape index (κ2) is 7.92. The van der Waals surface area contributed by atoms with Crippen LogP contribution < -0.4 is 15.8 Å². The lowest BCUT2D eigenvalue weighted by Crippen LogP contribution is -2.28. The number of ether oxygens (including phenoxy) is 1. The van der Waals surface area contributed by atoms with Crippen LogP contribution >= 0.6 is 12.4 Å². The molecule has 0 fully saturated rings. The number of nitrogens with one attached hydrogen (secondary N) is 1. The minimum atomic E-state index is -0.0976. The molecule has 17 heavy (non-hydrogen) atoms. The Bertz CT molecular complexity index is 356. The molecule has 0 bridgehead atoms. The first-order chi connectivity index (χ1) is 7.63. The van der Waals surface area contributed by atoms with E-state index in [1.165, 1.54) is 0 Å². The van der Waals surface area contributed by atoms with E-state index in [1.54, 1.807) is 31.4 Å². The number of hydrogen-bond donors (Lipinski definition) is 2. The third kappa shape index (κ3) is 5.56. The molecule has 0 saturated carbocycles. The molecule has 1 rings (SSSR count). The first-order valence-electron chi connectivity index (χ1n) is 5.31. The Hall–Kier alpha value is -1.26. The fraction of sp³-hybridized carbons (Fsp3) is 0.417. The van der Waals surface area contributed by atoms with Crippen LogP contribution in [-0.2, 0) is 0 Å². The number of hydrogen-bond acceptors (Lipinski definition) is 3. The van der Waals surface area contributed by atoms with E-state index in [0.717, 1.165) is 6.42 Å². The third-order valence-corrected chi connectivity index (χ3v) is 2.22. The predicted octanol–water partition coefficient (Wildman–Crippen LogP) is 1.58. The van der Waals surface area contributed by atoms with Crippen molar-refractivity contribution in [2.24, 2.45) is 5.73 Å². The summed E-state index contributed by atoms with van der Waals surface area (Å²) in [5, 5.41) is 2.81. The Morgan fingerprint density at radius 3 is 2.82 bits per heavy atom. The zero-order chi connectivity index (χ0) is 12.0. The molecule has 1 unspecified atom stereocenters. The highest BCUT2D eigenvalue weighted by atomic mass is 35.5. The molecule has 0 aliphatic heterocycles. The molecular weight excluding hydrogens is 240 g/mol. The van der Waals surface area contributed by atoms with Crippen LogP contribution in [0, 0.1) is 0 Å². The Morgan fingerprint density at radius 1 is 1.53 bits per heavy atom. The average molecular weight is 259 g/mol. The molecule has 3 N–H and O–H groups in total. The van der Waals surface area contributed by atoms with Crippen molar-refractivity contribution < 1.29 is 9.53 Å². The van der Waals surface area contributed by atoms with Gasteiger partial charge in [-0.25, -0.2) is 0 Å². The van der Waals surface area contributed by atoms with E-state index >= 15 is 0 Å². The topological polar surface area (TPSA) is 64.3 Å². The molecule has 0 aliphatic carbocycles. The van der Waals surface area contributed by atoms with Crippen LogP contribution in [-0.4, -0.2) is 25.6 Å². The summed E-state index contributed by atoms with van der Waals surface area (Å²) in [7, 11) is 1.58. The van der Waals surface area contributed by atoms with E-state index in [2.05, 4.69) is 5.32 Å². The first-order valence-corrected chi connectivity index (χ1v) is 5.31. The van der Waals surface area contributed by atoms with Gasteiger partial charge in [0.25, 0.3) is 5.91 Å². The van der Waals surface area contributed by atoms with E-state index in [9.17, 15) is 4.79 Å². The summed E-state index contributed by atoms with van der Waals surface area (Å²) in [6.45, 7) is 2.51. The molecule has 0 aliphatic rings. The highest BCUT2D eigenvalue weighted by Gasteiger charge is 2.05. The summed E-state index contributed by atoms with van der Waals surface area (Å²) in [5.41, 5.74) is 6.19. The van der Waals surface area contributed by atoms with Crippen LogP contribution in [0.15, 0.2) is 24.3 Å². The monoisotopic (exact) mass is 258 g/mol. The number of carbonyl (C=O) groups is 1. The molecule has 0 aromatic heterocycles. The second-order valence-corrected chi connectivity index (χ2v) is 3.75. The largest absolute Gasteiger partial charge is 0.497 e. The van der Waals surface area contributed by atoms with Crippen LogP contribution in [0.4, 0.5) is 0 Å². The Balaban J connectivity index is 0.00000256. The predicted molar refractivity (Wildman–Crippen MR) is 70.8 cm³/mol. The van der Waals surface area contributed by atoms with Gasteiger partial charge in [-0.3, -0.25) is 4.79 Å². The van der Waals surface area contributed by atoms with Gasteiger partial charge in [-0.05, 0) is 31.5 Å². The SMILES string of the molecule is COc1cccc(C(=O)NCCC(C)N)c1.Cl. The van der Waals surface area contributed by atoms with Gasteiger partial charge < -0.3 is 15.8 Å². The van der Waals surface area contributed by atoms with Gasteiger partial charge in [-0.1, -0.05) is 6.07 Å². The molecule has 1 aromatic carbocycles. The molecule has 0 saturated heterocycles. The number of halogens is 1. The normalized spacial score (nSPS) is 11.2. The summed E-state index contributed by atoms with van der Waals surface area (Å²) in [4.78, 5) is 11.7. The van der Waals surface area contributed by atoms with Crippen LogP contribution in [0.25, 0.3) is 0 Å². The molecule has 5 heteroatoms. The van der Waals surface area contributed by atoms with E-state index in [0.29, 0.717) is 17.9 Å². The van der Waals surface area contributed by atoms with Crippen LogP contribution in [0.5, 0.6) is 5.75 Å². The molecule has 96 valence electrons. The van der Waals surface area contributed by atoms with E-state index in [-0.39, 0.29) is 24.4 Å². The summed E-state index contributed by atoms with van der Waals surface area (Å²) in [5.74, 6) is 0.583. The highest BCUT2D eigenvalue weighted by Crippen LogP contribution is 2.12. The smallest absolute Gasteiger partial charge is 0.251 e. The Morgan fingerprint density at radius 2 is 2.24 bits per heavy atom. The van der Waals surface area contributed by atoms with Crippen molar-refractivity contribution in [2.45, 2.75) is 19.4 Å². The number of amides is 1. The molecule has 1 atom stereocenters. The summed E-state index contributed by atoms with van der Waals surface area (Å²) < 4.78 is 5.05. The van der Waals surface area contributed by atoms with Crippen LogP contribution in [0.2, 0.25) is 0 Å². The van der Waals surface area contributed by atoms with Gasteiger partial charge in [0.1, 0.15) is 5.75 Å².